The van der Waals surface area contributed by atoms with Crippen LogP contribution < -0.4 is 14.8 Å². The number of ether oxygens (including phenoxy) is 3. The van der Waals surface area contributed by atoms with Gasteiger partial charge in [-0.2, -0.15) is 5.10 Å². The smallest absolute Gasteiger partial charge is 0.338 e. The molecule has 3 rings (SSSR count). The lowest BCUT2D eigenvalue weighted by Crippen LogP contribution is -2.17. The van der Waals surface area contributed by atoms with Gasteiger partial charge in [-0.1, -0.05) is 0 Å². The molecule has 1 heterocycles. The Morgan fingerprint density at radius 1 is 1.06 bits per heavy atom. The molecule has 0 aliphatic rings. The lowest BCUT2D eigenvalue weighted by molar-refractivity contribution is 0.0526. The van der Waals surface area contributed by atoms with Crippen LogP contribution in [-0.4, -0.2) is 46.5 Å². The van der Waals surface area contributed by atoms with E-state index in [0.717, 1.165) is 0 Å². The number of anilines is 1. The fraction of sp³-hybridized carbons (Fsp3) is 0.227. The molecule has 162 valence electrons. The number of rotatable bonds is 9. The summed E-state index contributed by atoms with van der Waals surface area (Å²) in [5.74, 6) is 0.709. The molecule has 3 aromatic rings. The van der Waals surface area contributed by atoms with Crippen LogP contribution in [0.1, 0.15) is 34.6 Å². The maximum absolute atomic E-state index is 12.6. The third-order valence-electron chi connectivity index (χ3n) is 4.08. The van der Waals surface area contributed by atoms with E-state index in [1.54, 1.807) is 68.6 Å². The summed E-state index contributed by atoms with van der Waals surface area (Å²) in [4.78, 5) is 24.4. The summed E-state index contributed by atoms with van der Waals surface area (Å²) in [6.07, 6.45) is 1.12. The van der Waals surface area contributed by atoms with Crippen molar-refractivity contribution in [2.75, 3.05) is 18.5 Å². The number of nitrogens with one attached hydrogen (secondary N) is 2. The van der Waals surface area contributed by atoms with Crippen LogP contribution in [0.15, 0.2) is 54.7 Å². The highest BCUT2D eigenvalue weighted by molar-refractivity contribution is 6.04. The number of hydrogen-bond donors (Lipinski definition) is 3. The van der Waals surface area contributed by atoms with E-state index in [-0.39, 0.29) is 12.2 Å². The zero-order valence-electron chi connectivity index (χ0n) is 17.1. The van der Waals surface area contributed by atoms with Gasteiger partial charge in [-0.25, -0.2) is 4.79 Å². The number of carbonyl (C=O) groups excluding carboxylic acids is 2. The van der Waals surface area contributed by atoms with Gasteiger partial charge in [0.1, 0.15) is 23.4 Å². The second-order valence-corrected chi connectivity index (χ2v) is 6.56. The van der Waals surface area contributed by atoms with Gasteiger partial charge in [0.15, 0.2) is 5.82 Å². The minimum atomic E-state index is -0.471. The highest BCUT2D eigenvalue weighted by Crippen LogP contribution is 2.29. The number of amides is 1. The summed E-state index contributed by atoms with van der Waals surface area (Å²) in [5, 5.41) is 18.5. The first kappa shape index (κ1) is 21.8. The number of nitrogens with zero attached hydrogens (tertiary/aromatic N) is 1. The van der Waals surface area contributed by atoms with Crippen LogP contribution in [-0.2, 0) is 4.74 Å². The average molecular weight is 425 g/mol. The summed E-state index contributed by atoms with van der Waals surface area (Å²) in [6, 6.07) is 12.8. The van der Waals surface area contributed by atoms with Crippen molar-refractivity contribution in [1.82, 2.24) is 10.2 Å². The topological polar surface area (TPSA) is 123 Å². The first-order valence-corrected chi connectivity index (χ1v) is 9.67. The van der Waals surface area contributed by atoms with Crippen molar-refractivity contribution in [2.45, 2.75) is 20.0 Å². The molecule has 1 aromatic heterocycles. The van der Waals surface area contributed by atoms with Crippen LogP contribution in [0.2, 0.25) is 0 Å². The predicted octanol–water partition coefficient (Wildman–Crippen LogP) is 3.39. The second-order valence-electron chi connectivity index (χ2n) is 6.56. The summed E-state index contributed by atoms with van der Waals surface area (Å²) in [7, 11) is 0. The Balaban J connectivity index is 1.83. The molecular weight excluding hydrogens is 402 g/mol. The van der Waals surface area contributed by atoms with Gasteiger partial charge >= 0.3 is 5.97 Å². The number of aromatic amines is 1. The van der Waals surface area contributed by atoms with Crippen molar-refractivity contribution in [2.24, 2.45) is 0 Å². The summed E-state index contributed by atoms with van der Waals surface area (Å²) in [5.41, 5.74) is 0.686. The molecule has 0 bridgehead atoms. The Morgan fingerprint density at radius 2 is 1.81 bits per heavy atom. The lowest BCUT2D eigenvalue weighted by Gasteiger charge is -2.15. The van der Waals surface area contributed by atoms with Crippen LogP contribution in [0.4, 0.5) is 5.82 Å². The zero-order valence-corrected chi connectivity index (χ0v) is 17.1. The molecule has 0 saturated heterocycles. The van der Waals surface area contributed by atoms with Gasteiger partial charge in [-0.15, -0.1) is 0 Å². The molecular formula is C22H23N3O6. The van der Waals surface area contributed by atoms with Crippen molar-refractivity contribution in [3.63, 3.8) is 0 Å². The molecule has 31 heavy (non-hydrogen) atoms. The largest absolute Gasteiger partial charge is 0.488 e. The molecule has 1 amide bonds. The molecule has 3 N–H and O–H groups in total. The van der Waals surface area contributed by atoms with E-state index in [1.165, 1.54) is 0 Å². The van der Waals surface area contributed by atoms with Crippen molar-refractivity contribution < 1.29 is 28.9 Å². The molecule has 9 nitrogen and oxygen atoms in total. The summed E-state index contributed by atoms with van der Waals surface area (Å²) in [6.45, 7) is 3.54. The van der Waals surface area contributed by atoms with E-state index in [0.29, 0.717) is 35.2 Å². The van der Waals surface area contributed by atoms with E-state index in [4.69, 9.17) is 14.2 Å². The third kappa shape index (κ3) is 6.06. The lowest BCUT2D eigenvalue weighted by atomic mass is 10.1. The van der Waals surface area contributed by atoms with Gasteiger partial charge < -0.3 is 24.6 Å². The standard InChI is InChI=1S/C22H23N3O6/c1-3-29-22(28)15-4-6-17(7-5-15)31-19-11-16(10-18(12-19)30-14(2)13-26)21(27)24-20-8-9-23-25-20/h4-12,14,26H,3,13H2,1-2H3,(H2,23,24,25,27)/t14-/m0/s1. The Hall–Kier alpha value is -3.85. The van der Waals surface area contributed by atoms with Gasteiger partial charge in [-0.3, -0.25) is 9.89 Å². The number of esters is 1. The van der Waals surface area contributed by atoms with Crippen molar-refractivity contribution in [3.8, 4) is 17.2 Å². The van der Waals surface area contributed by atoms with Crippen molar-refractivity contribution in [3.05, 3.63) is 65.9 Å². The summed E-state index contributed by atoms with van der Waals surface area (Å²) < 4.78 is 16.5. The SMILES string of the molecule is CCOC(=O)c1ccc(Oc2cc(O[C@@H](C)CO)cc(C(=O)Nc3cc[nH]n3)c2)cc1. The fourth-order valence-electron chi connectivity index (χ4n) is 2.63. The number of aromatic nitrogens is 2. The number of benzene rings is 2. The van der Waals surface area contributed by atoms with Crippen LogP contribution in [0.3, 0.4) is 0 Å². The van der Waals surface area contributed by atoms with Crippen LogP contribution in [0.5, 0.6) is 17.2 Å². The van der Waals surface area contributed by atoms with E-state index in [9.17, 15) is 14.7 Å². The highest BCUT2D eigenvalue weighted by Gasteiger charge is 2.14. The van der Waals surface area contributed by atoms with Gasteiger partial charge in [0.05, 0.1) is 18.8 Å². The minimum Gasteiger partial charge on any atom is -0.488 e. The molecule has 0 radical (unpaired) electrons. The third-order valence-corrected chi connectivity index (χ3v) is 4.08. The molecule has 2 aromatic carbocycles. The fourth-order valence-corrected chi connectivity index (χ4v) is 2.63. The van der Waals surface area contributed by atoms with Gasteiger partial charge in [0.2, 0.25) is 0 Å². The average Bonchev–Trinajstić information content (AvgIpc) is 3.27. The molecule has 9 heteroatoms. The molecule has 0 fully saturated rings. The van der Waals surface area contributed by atoms with Crippen molar-refractivity contribution in [1.29, 1.82) is 0 Å². The molecule has 0 saturated carbocycles. The van der Waals surface area contributed by atoms with Crippen molar-refractivity contribution >= 4 is 17.7 Å². The Morgan fingerprint density at radius 3 is 2.45 bits per heavy atom. The maximum Gasteiger partial charge on any atom is 0.338 e. The van der Waals surface area contributed by atoms with Crippen LogP contribution in [0, 0.1) is 0 Å². The normalized spacial score (nSPS) is 11.5. The highest BCUT2D eigenvalue weighted by atomic mass is 16.5. The van der Waals surface area contributed by atoms with E-state index in [1.807, 2.05) is 0 Å². The Kier molecular flexibility index (Phi) is 7.23. The van der Waals surface area contributed by atoms with E-state index in [2.05, 4.69) is 15.5 Å². The van der Waals surface area contributed by atoms with E-state index < -0.39 is 18.0 Å². The molecule has 0 aliphatic carbocycles. The van der Waals surface area contributed by atoms with Crippen LogP contribution >= 0.6 is 0 Å². The maximum atomic E-state index is 12.6. The number of aliphatic hydroxyl groups is 1. The number of aliphatic hydroxyl groups excluding tert-OH is 1. The van der Waals surface area contributed by atoms with E-state index >= 15 is 0 Å². The van der Waals surface area contributed by atoms with Gasteiger partial charge in [0, 0.05) is 23.9 Å². The molecule has 0 spiro atoms. The first-order chi connectivity index (χ1) is 15.0. The van der Waals surface area contributed by atoms with Crippen LogP contribution in [0.25, 0.3) is 0 Å². The first-order valence-electron chi connectivity index (χ1n) is 9.67. The molecule has 1 atom stereocenters. The molecule has 0 unspecified atom stereocenters. The number of carbonyl (C=O) groups is 2. The number of hydrogen-bond acceptors (Lipinski definition) is 7. The monoisotopic (exact) mass is 425 g/mol. The molecule has 0 aliphatic heterocycles. The predicted molar refractivity (Wildman–Crippen MR) is 113 cm³/mol. The second kappa shape index (κ2) is 10.3. The summed E-state index contributed by atoms with van der Waals surface area (Å²) >= 11 is 0. The zero-order chi connectivity index (χ0) is 22.2. The Bertz CT molecular complexity index is 1020. The quantitative estimate of drug-likeness (QED) is 0.449. The number of H-pyrrole nitrogens is 1. The Labute approximate surface area is 179 Å². The van der Waals surface area contributed by atoms with Gasteiger partial charge in [-0.05, 0) is 50.2 Å². The minimum absolute atomic E-state index is 0.185. The van der Waals surface area contributed by atoms with Gasteiger partial charge in [0.25, 0.3) is 5.91 Å².